The van der Waals surface area contributed by atoms with Gasteiger partial charge in [0.2, 0.25) is 0 Å². The molecule has 1 N–H and O–H groups in total. The summed E-state index contributed by atoms with van der Waals surface area (Å²) < 4.78 is 5.47. The minimum absolute atomic E-state index is 0.119. The summed E-state index contributed by atoms with van der Waals surface area (Å²) in [4.78, 5) is 14.5. The van der Waals surface area contributed by atoms with E-state index in [1.54, 1.807) is 0 Å². The second kappa shape index (κ2) is 6.44. The van der Waals surface area contributed by atoms with Crippen LogP contribution in [0.3, 0.4) is 0 Å². The van der Waals surface area contributed by atoms with Gasteiger partial charge in [0.25, 0.3) is 5.91 Å². The number of aryl methyl sites for hydroxylation is 2. The lowest BCUT2D eigenvalue weighted by Gasteiger charge is -2.33. The average molecular weight is 278 g/mol. The van der Waals surface area contributed by atoms with Gasteiger partial charge in [-0.05, 0) is 45.2 Å². The Kier molecular flexibility index (Phi) is 4.86. The number of rotatable bonds is 4. The lowest BCUT2D eigenvalue weighted by Crippen LogP contribution is -2.43. The molecule has 0 radical (unpaired) electrons. The highest BCUT2D eigenvalue weighted by Crippen LogP contribution is 2.21. The SMILES string of the molecule is Cc1cc(C(=O)N2CCCC(CNC(C)C)C2)c(C)o1. The molecule has 0 bridgehead atoms. The van der Waals surface area contributed by atoms with E-state index in [1.807, 2.05) is 24.8 Å². The number of piperidine rings is 1. The fourth-order valence-corrected chi connectivity index (χ4v) is 2.83. The monoisotopic (exact) mass is 278 g/mol. The Morgan fingerprint density at radius 2 is 2.25 bits per heavy atom. The standard InChI is InChI=1S/C16H26N2O2/c1-11(2)17-9-14-6-5-7-18(10-14)16(19)15-8-12(3)20-13(15)4/h8,11,14,17H,5-7,9-10H2,1-4H3. The first-order valence-electron chi connectivity index (χ1n) is 7.57. The van der Waals surface area contributed by atoms with E-state index in [0.717, 1.165) is 43.1 Å². The molecule has 20 heavy (non-hydrogen) atoms. The Morgan fingerprint density at radius 1 is 1.50 bits per heavy atom. The van der Waals surface area contributed by atoms with Crippen molar-refractivity contribution in [3.63, 3.8) is 0 Å². The first-order chi connectivity index (χ1) is 9.47. The molecule has 1 amide bonds. The molecule has 1 atom stereocenters. The lowest BCUT2D eigenvalue weighted by atomic mass is 9.97. The molecule has 1 aliphatic rings. The largest absolute Gasteiger partial charge is 0.466 e. The molecule has 1 aromatic heterocycles. The number of carbonyl (C=O) groups is 1. The molecule has 0 aliphatic carbocycles. The van der Waals surface area contributed by atoms with E-state index in [2.05, 4.69) is 19.2 Å². The Balaban J connectivity index is 1.98. The number of nitrogens with zero attached hydrogens (tertiary/aromatic N) is 1. The topological polar surface area (TPSA) is 45.5 Å². The summed E-state index contributed by atoms with van der Waals surface area (Å²) in [6, 6.07) is 2.35. The van der Waals surface area contributed by atoms with E-state index in [-0.39, 0.29) is 5.91 Å². The highest BCUT2D eigenvalue weighted by Gasteiger charge is 2.26. The molecule has 1 fully saturated rings. The predicted octanol–water partition coefficient (Wildman–Crippen LogP) is 2.75. The highest BCUT2D eigenvalue weighted by atomic mass is 16.3. The van der Waals surface area contributed by atoms with E-state index in [0.29, 0.717) is 12.0 Å². The Labute approximate surface area is 121 Å². The van der Waals surface area contributed by atoms with E-state index >= 15 is 0 Å². The fraction of sp³-hybridized carbons (Fsp3) is 0.688. The third kappa shape index (κ3) is 3.63. The maximum absolute atomic E-state index is 12.6. The minimum Gasteiger partial charge on any atom is -0.466 e. The number of carbonyl (C=O) groups excluding carboxylic acids is 1. The van der Waals surface area contributed by atoms with Gasteiger partial charge in [0.15, 0.2) is 0 Å². The molecule has 1 aliphatic heterocycles. The van der Waals surface area contributed by atoms with Crippen LogP contribution in [0, 0.1) is 19.8 Å². The quantitative estimate of drug-likeness (QED) is 0.921. The zero-order chi connectivity index (χ0) is 14.7. The van der Waals surface area contributed by atoms with Crippen molar-refractivity contribution >= 4 is 5.91 Å². The Morgan fingerprint density at radius 3 is 2.85 bits per heavy atom. The van der Waals surface area contributed by atoms with Crippen LogP contribution in [0.25, 0.3) is 0 Å². The number of hydrogen-bond donors (Lipinski definition) is 1. The number of nitrogens with one attached hydrogen (secondary N) is 1. The van der Waals surface area contributed by atoms with E-state index in [4.69, 9.17) is 4.42 Å². The molecule has 4 heteroatoms. The summed E-state index contributed by atoms with van der Waals surface area (Å²) in [7, 11) is 0. The van der Waals surface area contributed by atoms with Crippen LogP contribution in [0.1, 0.15) is 48.6 Å². The molecule has 0 aromatic carbocycles. The molecule has 0 saturated carbocycles. The van der Waals surface area contributed by atoms with Crippen LogP contribution in [0.4, 0.5) is 0 Å². The smallest absolute Gasteiger partial charge is 0.257 e. The van der Waals surface area contributed by atoms with Crippen LogP contribution >= 0.6 is 0 Å². The van der Waals surface area contributed by atoms with Gasteiger partial charge in [0.1, 0.15) is 11.5 Å². The predicted molar refractivity (Wildman–Crippen MR) is 79.9 cm³/mol. The van der Waals surface area contributed by atoms with Crippen molar-refractivity contribution in [3.8, 4) is 0 Å². The number of hydrogen-bond acceptors (Lipinski definition) is 3. The van der Waals surface area contributed by atoms with Crippen LogP contribution in [0.5, 0.6) is 0 Å². The van der Waals surface area contributed by atoms with Crippen molar-refractivity contribution in [3.05, 3.63) is 23.2 Å². The Hall–Kier alpha value is -1.29. The molecular formula is C16H26N2O2. The summed E-state index contributed by atoms with van der Waals surface area (Å²) in [5.41, 5.74) is 0.722. The van der Waals surface area contributed by atoms with Gasteiger partial charge in [-0.1, -0.05) is 13.8 Å². The third-order valence-electron chi connectivity index (χ3n) is 3.89. The summed E-state index contributed by atoms with van der Waals surface area (Å²) in [6.45, 7) is 10.8. The van der Waals surface area contributed by atoms with Crippen LogP contribution in [-0.2, 0) is 0 Å². The molecular weight excluding hydrogens is 252 g/mol. The summed E-state index contributed by atoms with van der Waals surface area (Å²) in [5, 5.41) is 3.47. The molecule has 1 aromatic rings. The normalized spacial score (nSPS) is 19.6. The van der Waals surface area contributed by atoms with Crippen LogP contribution in [0.15, 0.2) is 10.5 Å². The Bertz CT molecular complexity index is 465. The maximum atomic E-state index is 12.6. The zero-order valence-corrected chi connectivity index (χ0v) is 13.0. The highest BCUT2D eigenvalue weighted by molar-refractivity contribution is 5.95. The van der Waals surface area contributed by atoms with Crippen LogP contribution in [-0.4, -0.2) is 36.5 Å². The third-order valence-corrected chi connectivity index (χ3v) is 3.89. The zero-order valence-electron chi connectivity index (χ0n) is 13.0. The number of amides is 1. The van der Waals surface area contributed by atoms with Gasteiger partial charge < -0.3 is 14.6 Å². The van der Waals surface area contributed by atoms with Crippen molar-refractivity contribution in [1.29, 1.82) is 0 Å². The van der Waals surface area contributed by atoms with Crippen LogP contribution < -0.4 is 5.32 Å². The van der Waals surface area contributed by atoms with Crippen molar-refractivity contribution in [2.75, 3.05) is 19.6 Å². The number of furan rings is 1. The molecule has 2 heterocycles. The first kappa shape index (κ1) is 15.1. The van der Waals surface area contributed by atoms with E-state index < -0.39 is 0 Å². The molecule has 2 rings (SSSR count). The number of likely N-dealkylation sites (tertiary alicyclic amines) is 1. The lowest BCUT2D eigenvalue weighted by molar-refractivity contribution is 0.0670. The van der Waals surface area contributed by atoms with Gasteiger partial charge in [0.05, 0.1) is 5.56 Å². The van der Waals surface area contributed by atoms with Crippen molar-refractivity contribution < 1.29 is 9.21 Å². The second-order valence-electron chi connectivity index (χ2n) is 6.15. The van der Waals surface area contributed by atoms with Crippen molar-refractivity contribution in [2.24, 2.45) is 5.92 Å². The molecule has 112 valence electrons. The fourth-order valence-electron chi connectivity index (χ4n) is 2.83. The van der Waals surface area contributed by atoms with Gasteiger partial charge >= 0.3 is 0 Å². The summed E-state index contributed by atoms with van der Waals surface area (Å²) in [5.74, 6) is 2.22. The molecule has 1 saturated heterocycles. The van der Waals surface area contributed by atoms with Crippen LogP contribution in [0.2, 0.25) is 0 Å². The second-order valence-corrected chi connectivity index (χ2v) is 6.15. The molecule has 1 unspecified atom stereocenters. The van der Waals surface area contributed by atoms with Gasteiger partial charge in [0, 0.05) is 19.1 Å². The van der Waals surface area contributed by atoms with Gasteiger partial charge in [-0.3, -0.25) is 4.79 Å². The molecule has 0 spiro atoms. The summed E-state index contributed by atoms with van der Waals surface area (Å²) >= 11 is 0. The molecule has 4 nitrogen and oxygen atoms in total. The van der Waals surface area contributed by atoms with E-state index in [1.165, 1.54) is 6.42 Å². The minimum atomic E-state index is 0.119. The maximum Gasteiger partial charge on any atom is 0.257 e. The first-order valence-corrected chi connectivity index (χ1v) is 7.57. The van der Waals surface area contributed by atoms with Crippen molar-refractivity contribution in [1.82, 2.24) is 10.2 Å². The summed E-state index contributed by atoms with van der Waals surface area (Å²) in [6.07, 6.45) is 2.29. The van der Waals surface area contributed by atoms with E-state index in [9.17, 15) is 4.79 Å². The van der Waals surface area contributed by atoms with Gasteiger partial charge in [-0.2, -0.15) is 0 Å². The van der Waals surface area contributed by atoms with Crippen molar-refractivity contribution in [2.45, 2.75) is 46.6 Å². The van der Waals surface area contributed by atoms with Gasteiger partial charge in [-0.25, -0.2) is 0 Å². The average Bonchev–Trinajstić information content (AvgIpc) is 2.75. The van der Waals surface area contributed by atoms with Gasteiger partial charge in [-0.15, -0.1) is 0 Å².